The average Bonchev–Trinajstić information content (AvgIpc) is 3.20. The van der Waals surface area contributed by atoms with Crippen LogP contribution in [0.5, 0.6) is 0 Å². The average molecular weight is 305 g/mol. The summed E-state index contributed by atoms with van der Waals surface area (Å²) >= 11 is 1.44. The summed E-state index contributed by atoms with van der Waals surface area (Å²) in [5, 5.41) is 8.78. The molecular formula is C17H23NO2S. The first kappa shape index (κ1) is 16.1. The quantitative estimate of drug-likeness (QED) is 0.849. The highest BCUT2D eigenvalue weighted by Gasteiger charge is 2.33. The lowest BCUT2D eigenvalue weighted by Gasteiger charge is -2.22. The van der Waals surface area contributed by atoms with Crippen molar-refractivity contribution in [3.63, 3.8) is 0 Å². The summed E-state index contributed by atoms with van der Waals surface area (Å²) in [6, 6.07) is 2.37. The van der Waals surface area contributed by atoms with Gasteiger partial charge in [0.1, 0.15) is 6.61 Å². The SMILES string of the molecule is Cc1cc(C(=O)N(CCC(C)C)C2CC2)sc1C#CCO. The summed E-state index contributed by atoms with van der Waals surface area (Å²) in [4.78, 5) is 16.4. The second-order valence-electron chi connectivity index (χ2n) is 5.99. The minimum Gasteiger partial charge on any atom is -0.384 e. The maximum absolute atomic E-state index is 12.7. The number of amides is 1. The van der Waals surface area contributed by atoms with Crippen molar-refractivity contribution in [2.24, 2.45) is 5.92 Å². The highest BCUT2D eigenvalue weighted by molar-refractivity contribution is 7.14. The number of aliphatic hydroxyl groups is 1. The van der Waals surface area contributed by atoms with Crippen molar-refractivity contribution in [3.05, 3.63) is 21.4 Å². The summed E-state index contributed by atoms with van der Waals surface area (Å²) in [6.45, 7) is 7.03. The van der Waals surface area contributed by atoms with Gasteiger partial charge in [0.2, 0.25) is 0 Å². The maximum atomic E-state index is 12.7. The topological polar surface area (TPSA) is 40.5 Å². The molecule has 1 aromatic rings. The van der Waals surface area contributed by atoms with Crippen LogP contribution in [0.2, 0.25) is 0 Å². The lowest BCUT2D eigenvalue weighted by Crippen LogP contribution is -2.34. The Labute approximate surface area is 131 Å². The van der Waals surface area contributed by atoms with Crippen molar-refractivity contribution in [2.75, 3.05) is 13.2 Å². The molecule has 0 radical (unpaired) electrons. The van der Waals surface area contributed by atoms with E-state index < -0.39 is 0 Å². The number of hydrogen-bond acceptors (Lipinski definition) is 3. The first-order chi connectivity index (χ1) is 10.0. The van der Waals surface area contributed by atoms with E-state index in [0.29, 0.717) is 12.0 Å². The summed E-state index contributed by atoms with van der Waals surface area (Å²) in [7, 11) is 0. The van der Waals surface area contributed by atoms with E-state index in [4.69, 9.17) is 5.11 Å². The number of aliphatic hydroxyl groups excluding tert-OH is 1. The molecule has 114 valence electrons. The number of rotatable bonds is 5. The fourth-order valence-corrected chi connectivity index (χ4v) is 3.21. The molecule has 0 aliphatic heterocycles. The molecule has 1 heterocycles. The second-order valence-corrected chi connectivity index (χ2v) is 7.05. The first-order valence-electron chi connectivity index (χ1n) is 7.54. The van der Waals surface area contributed by atoms with Gasteiger partial charge in [0.25, 0.3) is 5.91 Å². The normalized spacial score (nSPS) is 14.0. The van der Waals surface area contributed by atoms with Gasteiger partial charge in [0, 0.05) is 12.6 Å². The number of thiophene rings is 1. The van der Waals surface area contributed by atoms with Crippen molar-refractivity contribution in [1.29, 1.82) is 0 Å². The van der Waals surface area contributed by atoms with Crippen LogP contribution in [0.4, 0.5) is 0 Å². The molecule has 1 aliphatic rings. The van der Waals surface area contributed by atoms with Crippen molar-refractivity contribution < 1.29 is 9.90 Å². The molecule has 0 saturated heterocycles. The number of aryl methyl sites for hydroxylation is 1. The van der Waals surface area contributed by atoms with Crippen LogP contribution >= 0.6 is 11.3 Å². The third-order valence-electron chi connectivity index (χ3n) is 3.61. The molecule has 1 aliphatic carbocycles. The van der Waals surface area contributed by atoms with Crippen molar-refractivity contribution >= 4 is 17.2 Å². The molecule has 4 heteroatoms. The van der Waals surface area contributed by atoms with E-state index in [1.807, 2.05) is 17.9 Å². The molecule has 21 heavy (non-hydrogen) atoms. The molecule has 1 fully saturated rings. The van der Waals surface area contributed by atoms with Gasteiger partial charge < -0.3 is 10.0 Å². The van der Waals surface area contributed by atoms with E-state index in [-0.39, 0.29) is 12.5 Å². The van der Waals surface area contributed by atoms with E-state index in [9.17, 15) is 4.79 Å². The molecule has 1 aromatic heterocycles. The third-order valence-corrected chi connectivity index (χ3v) is 4.75. The predicted molar refractivity (Wildman–Crippen MR) is 86.5 cm³/mol. The van der Waals surface area contributed by atoms with Gasteiger partial charge in [-0.15, -0.1) is 11.3 Å². The fraction of sp³-hybridized carbons (Fsp3) is 0.588. The summed E-state index contributed by atoms with van der Waals surface area (Å²) < 4.78 is 0. The van der Waals surface area contributed by atoms with Crippen LogP contribution in [0.3, 0.4) is 0 Å². The lowest BCUT2D eigenvalue weighted by molar-refractivity contribution is 0.0740. The van der Waals surface area contributed by atoms with Gasteiger partial charge in [-0.2, -0.15) is 0 Å². The summed E-state index contributed by atoms with van der Waals surface area (Å²) in [5.41, 5.74) is 1.02. The number of hydrogen-bond donors (Lipinski definition) is 1. The van der Waals surface area contributed by atoms with Gasteiger partial charge in [-0.1, -0.05) is 25.7 Å². The Bertz CT molecular complexity index is 561. The molecule has 0 unspecified atom stereocenters. The maximum Gasteiger partial charge on any atom is 0.264 e. The number of carbonyl (C=O) groups is 1. The highest BCUT2D eigenvalue weighted by atomic mass is 32.1. The van der Waals surface area contributed by atoms with Crippen LogP contribution in [0.25, 0.3) is 0 Å². The Kier molecular flexibility index (Phi) is 5.44. The molecule has 3 nitrogen and oxygen atoms in total. The molecule has 1 amide bonds. The molecular weight excluding hydrogens is 282 g/mol. The van der Waals surface area contributed by atoms with E-state index >= 15 is 0 Å². The molecule has 0 spiro atoms. The van der Waals surface area contributed by atoms with Crippen LogP contribution < -0.4 is 0 Å². The highest BCUT2D eigenvalue weighted by Crippen LogP contribution is 2.31. The minimum absolute atomic E-state index is 0.142. The summed E-state index contributed by atoms with van der Waals surface area (Å²) in [5.74, 6) is 6.32. The number of carbonyl (C=O) groups excluding carboxylic acids is 1. The Balaban J connectivity index is 2.13. The Morgan fingerprint density at radius 2 is 2.24 bits per heavy atom. The predicted octanol–water partition coefficient (Wildman–Crippen LogP) is 3.05. The largest absolute Gasteiger partial charge is 0.384 e. The Morgan fingerprint density at radius 3 is 2.81 bits per heavy atom. The van der Waals surface area contributed by atoms with Gasteiger partial charge in [0.05, 0.1) is 9.75 Å². The zero-order valence-corrected chi connectivity index (χ0v) is 13.8. The van der Waals surface area contributed by atoms with Crippen LogP contribution in [-0.2, 0) is 0 Å². The minimum atomic E-state index is -0.150. The molecule has 2 rings (SSSR count). The van der Waals surface area contributed by atoms with Crippen LogP contribution in [0, 0.1) is 24.7 Å². The van der Waals surface area contributed by atoms with Gasteiger partial charge in [0.15, 0.2) is 0 Å². The van der Waals surface area contributed by atoms with Crippen LogP contribution in [0.15, 0.2) is 6.07 Å². The lowest BCUT2D eigenvalue weighted by atomic mass is 10.1. The Hall–Kier alpha value is -1.31. The Morgan fingerprint density at radius 1 is 1.52 bits per heavy atom. The summed E-state index contributed by atoms with van der Waals surface area (Å²) in [6.07, 6.45) is 3.31. The van der Waals surface area contributed by atoms with Gasteiger partial charge in [-0.25, -0.2) is 0 Å². The van der Waals surface area contributed by atoms with Crippen molar-refractivity contribution in [2.45, 2.75) is 46.1 Å². The van der Waals surface area contributed by atoms with E-state index in [1.54, 1.807) is 0 Å². The van der Waals surface area contributed by atoms with Crippen LogP contribution in [0.1, 0.15) is 53.2 Å². The smallest absolute Gasteiger partial charge is 0.264 e. The molecule has 0 bridgehead atoms. The van der Waals surface area contributed by atoms with Crippen molar-refractivity contribution in [3.8, 4) is 11.8 Å². The fourth-order valence-electron chi connectivity index (χ4n) is 2.21. The number of nitrogens with zero attached hydrogens (tertiary/aromatic N) is 1. The monoisotopic (exact) mass is 305 g/mol. The molecule has 1 saturated carbocycles. The molecule has 0 atom stereocenters. The van der Waals surface area contributed by atoms with E-state index in [0.717, 1.165) is 41.1 Å². The molecule has 0 aromatic carbocycles. The standard InChI is InChI=1S/C17H23NO2S/c1-12(2)8-9-18(14-6-7-14)17(20)16-11-13(3)15(21-16)5-4-10-19/h11-12,14,19H,6-10H2,1-3H3. The van der Waals surface area contributed by atoms with Gasteiger partial charge >= 0.3 is 0 Å². The molecule has 1 N–H and O–H groups in total. The first-order valence-corrected chi connectivity index (χ1v) is 8.35. The van der Waals surface area contributed by atoms with E-state index in [1.165, 1.54) is 11.3 Å². The zero-order chi connectivity index (χ0) is 15.4. The third kappa shape index (κ3) is 4.33. The van der Waals surface area contributed by atoms with Crippen LogP contribution in [-0.4, -0.2) is 35.1 Å². The van der Waals surface area contributed by atoms with E-state index in [2.05, 4.69) is 25.7 Å². The second kappa shape index (κ2) is 7.11. The van der Waals surface area contributed by atoms with Gasteiger partial charge in [-0.05, 0) is 43.7 Å². The van der Waals surface area contributed by atoms with Gasteiger partial charge in [-0.3, -0.25) is 4.79 Å². The zero-order valence-electron chi connectivity index (χ0n) is 13.0. The van der Waals surface area contributed by atoms with Crippen molar-refractivity contribution in [1.82, 2.24) is 4.90 Å².